The van der Waals surface area contributed by atoms with Crippen LogP contribution in [0, 0.1) is 21.8 Å². The van der Waals surface area contributed by atoms with Crippen LogP contribution in [0.2, 0.25) is 0 Å². The summed E-state index contributed by atoms with van der Waals surface area (Å²) in [5.41, 5.74) is 2.50. The van der Waals surface area contributed by atoms with E-state index in [-0.39, 0.29) is 5.57 Å². The van der Waals surface area contributed by atoms with E-state index in [0.29, 0.717) is 5.69 Å². The number of hydrogen-bond acceptors (Lipinski definition) is 3. The van der Waals surface area contributed by atoms with Gasteiger partial charge >= 0.3 is 0 Å². The number of hydrogen-bond donors (Lipinski definition) is 2. The monoisotopic (exact) mass is 453 g/mol. The summed E-state index contributed by atoms with van der Waals surface area (Å²) < 4.78 is 1.09. The molecule has 0 aromatic heterocycles. The predicted octanol–water partition coefficient (Wildman–Crippen LogP) is 5.21. The van der Waals surface area contributed by atoms with E-state index in [2.05, 4.69) is 33.2 Å². The van der Waals surface area contributed by atoms with Crippen LogP contribution in [-0.2, 0) is 4.79 Å². The minimum atomic E-state index is -0.440. The van der Waals surface area contributed by atoms with Crippen LogP contribution >= 0.6 is 22.6 Å². The minimum absolute atomic E-state index is 0.0101. The molecule has 2 N–H and O–H groups in total. The maximum absolute atomic E-state index is 12.4. The van der Waals surface area contributed by atoms with Gasteiger partial charge in [-0.15, -0.1) is 0 Å². The van der Waals surface area contributed by atoms with E-state index < -0.39 is 5.91 Å². The van der Waals surface area contributed by atoms with Gasteiger partial charge in [-0.1, -0.05) is 36.4 Å². The lowest BCUT2D eigenvalue weighted by Crippen LogP contribution is -2.15. The first-order valence-corrected chi connectivity index (χ1v) is 9.08. The fourth-order valence-electron chi connectivity index (χ4n) is 2.61. The Labute approximate surface area is 165 Å². The van der Waals surface area contributed by atoms with Crippen LogP contribution in [0.1, 0.15) is 5.56 Å². The molecule has 0 heterocycles. The summed E-state index contributed by atoms with van der Waals surface area (Å²) in [7, 11) is 0. The Kier molecular flexibility index (Phi) is 5.54. The molecule has 128 valence electrons. The summed E-state index contributed by atoms with van der Waals surface area (Å²) in [5, 5.41) is 17.3. The van der Waals surface area contributed by atoms with Gasteiger partial charge in [-0.05, 0) is 64.7 Å². The number of fused-ring (bicyclic) bond motifs is 1. The van der Waals surface area contributed by atoms with Crippen molar-refractivity contribution in [2.24, 2.45) is 0 Å². The molecule has 3 aromatic carbocycles. The quantitative estimate of drug-likeness (QED) is 0.324. The molecule has 3 rings (SSSR count). The maximum atomic E-state index is 12.4. The van der Waals surface area contributed by atoms with Gasteiger partial charge < -0.3 is 10.6 Å². The second-order valence-electron chi connectivity index (χ2n) is 5.75. The van der Waals surface area contributed by atoms with E-state index in [1.54, 1.807) is 0 Å². The zero-order valence-corrected chi connectivity index (χ0v) is 16.2. The van der Waals surface area contributed by atoms with E-state index >= 15 is 0 Å². The van der Waals surface area contributed by atoms with Crippen LogP contribution in [0.4, 0.5) is 11.4 Å². The van der Waals surface area contributed by atoms with Crippen LogP contribution in [0.15, 0.2) is 72.4 Å². The summed E-state index contributed by atoms with van der Waals surface area (Å²) in [6.45, 7) is 1.92. The SMILES string of the molecule is Cc1cc(I)ccc1NC(=O)/C(C#N)=C\Nc1cccc2ccccc12. The molecule has 0 bridgehead atoms. The molecule has 0 aliphatic carbocycles. The van der Waals surface area contributed by atoms with E-state index in [0.717, 1.165) is 25.6 Å². The Balaban J connectivity index is 1.81. The standard InChI is InChI=1S/C21H16IN3O/c1-14-11-17(22)9-10-19(14)25-21(26)16(12-23)13-24-20-8-4-6-15-5-2-3-7-18(15)20/h2-11,13,24H,1H3,(H,25,26)/b16-13-. The average molecular weight is 453 g/mol. The van der Waals surface area contributed by atoms with Crippen molar-refractivity contribution < 1.29 is 4.79 Å². The third-order valence-electron chi connectivity index (χ3n) is 3.96. The lowest BCUT2D eigenvalue weighted by atomic mass is 10.1. The summed E-state index contributed by atoms with van der Waals surface area (Å²) in [6.07, 6.45) is 1.44. The smallest absolute Gasteiger partial charge is 0.267 e. The van der Waals surface area contributed by atoms with Gasteiger partial charge in [0, 0.05) is 26.5 Å². The molecule has 0 atom stereocenters. The Morgan fingerprint density at radius 3 is 2.62 bits per heavy atom. The van der Waals surface area contributed by atoms with Gasteiger partial charge in [0.2, 0.25) is 0 Å². The first kappa shape index (κ1) is 18.0. The maximum Gasteiger partial charge on any atom is 0.267 e. The highest BCUT2D eigenvalue weighted by Gasteiger charge is 2.11. The number of anilines is 2. The molecular weight excluding hydrogens is 437 g/mol. The number of benzene rings is 3. The number of carbonyl (C=O) groups excluding carboxylic acids is 1. The van der Waals surface area contributed by atoms with Crippen molar-refractivity contribution in [1.29, 1.82) is 5.26 Å². The van der Waals surface area contributed by atoms with Crippen molar-refractivity contribution in [3.63, 3.8) is 0 Å². The Hall–Kier alpha value is -2.85. The Morgan fingerprint density at radius 1 is 1.08 bits per heavy atom. The number of carbonyl (C=O) groups is 1. The summed E-state index contributed by atoms with van der Waals surface area (Å²) >= 11 is 2.22. The van der Waals surface area contributed by atoms with Crippen molar-refractivity contribution in [2.45, 2.75) is 6.92 Å². The normalized spacial score (nSPS) is 11.0. The number of nitrogens with zero attached hydrogens (tertiary/aromatic N) is 1. The van der Waals surface area contributed by atoms with Crippen molar-refractivity contribution in [3.05, 3.63) is 81.6 Å². The van der Waals surface area contributed by atoms with Crippen molar-refractivity contribution >= 4 is 50.6 Å². The predicted molar refractivity (Wildman–Crippen MR) is 114 cm³/mol. The van der Waals surface area contributed by atoms with Gasteiger partial charge in [0.25, 0.3) is 5.91 Å². The number of nitriles is 1. The van der Waals surface area contributed by atoms with Crippen molar-refractivity contribution in [1.82, 2.24) is 0 Å². The molecular formula is C21H16IN3O. The highest BCUT2D eigenvalue weighted by molar-refractivity contribution is 14.1. The van der Waals surface area contributed by atoms with Gasteiger partial charge in [0.1, 0.15) is 11.6 Å². The Morgan fingerprint density at radius 2 is 1.85 bits per heavy atom. The van der Waals surface area contributed by atoms with E-state index in [1.807, 2.05) is 73.7 Å². The average Bonchev–Trinajstić information content (AvgIpc) is 2.64. The van der Waals surface area contributed by atoms with Gasteiger partial charge in [-0.2, -0.15) is 5.26 Å². The number of halogens is 1. The second kappa shape index (κ2) is 8.02. The van der Waals surface area contributed by atoms with Crippen LogP contribution in [0.25, 0.3) is 10.8 Å². The van der Waals surface area contributed by atoms with Crippen LogP contribution in [0.3, 0.4) is 0 Å². The minimum Gasteiger partial charge on any atom is -0.360 e. The molecule has 0 radical (unpaired) electrons. The van der Waals surface area contributed by atoms with E-state index in [9.17, 15) is 10.1 Å². The fourth-order valence-corrected chi connectivity index (χ4v) is 3.25. The molecule has 4 nitrogen and oxygen atoms in total. The molecule has 0 fully saturated rings. The first-order valence-electron chi connectivity index (χ1n) is 8.00. The number of aryl methyl sites for hydroxylation is 1. The summed E-state index contributed by atoms with van der Waals surface area (Å²) in [6, 6.07) is 21.5. The van der Waals surface area contributed by atoms with Crippen LogP contribution in [0.5, 0.6) is 0 Å². The fraction of sp³-hybridized carbons (Fsp3) is 0.0476. The summed E-state index contributed by atoms with van der Waals surface area (Å²) in [5.74, 6) is -0.440. The topological polar surface area (TPSA) is 64.9 Å². The number of rotatable bonds is 4. The third kappa shape index (κ3) is 4.03. The highest BCUT2D eigenvalue weighted by atomic mass is 127. The molecule has 0 aliphatic rings. The number of nitrogens with one attached hydrogen (secondary N) is 2. The molecule has 0 aliphatic heterocycles. The molecule has 26 heavy (non-hydrogen) atoms. The molecule has 0 saturated carbocycles. The van der Waals surface area contributed by atoms with Crippen LogP contribution in [-0.4, -0.2) is 5.91 Å². The van der Waals surface area contributed by atoms with Crippen molar-refractivity contribution in [3.8, 4) is 6.07 Å². The second-order valence-corrected chi connectivity index (χ2v) is 7.00. The van der Waals surface area contributed by atoms with Gasteiger partial charge in [0.05, 0.1) is 0 Å². The summed E-state index contributed by atoms with van der Waals surface area (Å²) in [4.78, 5) is 12.4. The Bertz CT molecular complexity index is 1050. The zero-order chi connectivity index (χ0) is 18.5. The zero-order valence-electron chi connectivity index (χ0n) is 14.1. The van der Waals surface area contributed by atoms with Gasteiger partial charge in [-0.3, -0.25) is 4.79 Å². The molecule has 3 aromatic rings. The van der Waals surface area contributed by atoms with Crippen molar-refractivity contribution in [2.75, 3.05) is 10.6 Å². The largest absolute Gasteiger partial charge is 0.360 e. The van der Waals surface area contributed by atoms with Gasteiger partial charge in [0.15, 0.2) is 0 Å². The molecule has 0 saturated heterocycles. The van der Waals surface area contributed by atoms with Gasteiger partial charge in [-0.25, -0.2) is 0 Å². The third-order valence-corrected chi connectivity index (χ3v) is 4.63. The molecule has 0 spiro atoms. The highest BCUT2D eigenvalue weighted by Crippen LogP contribution is 2.23. The lowest BCUT2D eigenvalue weighted by Gasteiger charge is -2.09. The molecule has 5 heteroatoms. The first-order chi connectivity index (χ1) is 12.6. The van der Waals surface area contributed by atoms with Crippen LogP contribution < -0.4 is 10.6 Å². The number of amides is 1. The van der Waals surface area contributed by atoms with E-state index in [1.165, 1.54) is 6.20 Å². The van der Waals surface area contributed by atoms with E-state index in [4.69, 9.17) is 0 Å². The lowest BCUT2D eigenvalue weighted by molar-refractivity contribution is -0.112. The molecule has 0 unspecified atom stereocenters. The molecule has 1 amide bonds.